The van der Waals surface area contributed by atoms with E-state index in [4.69, 9.17) is 10.5 Å². The molecule has 1 aliphatic heterocycles. The van der Waals surface area contributed by atoms with Crippen molar-refractivity contribution in [3.8, 4) is 0 Å². The van der Waals surface area contributed by atoms with Gasteiger partial charge in [0.2, 0.25) is 0 Å². The average molecular weight is 241 g/mol. The first-order valence-corrected chi connectivity index (χ1v) is 6.60. The van der Waals surface area contributed by atoms with E-state index >= 15 is 0 Å². The molecular weight excluding hydrogens is 218 g/mol. The van der Waals surface area contributed by atoms with Gasteiger partial charge < -0.3 is 20.7 Å². The van der Waals surface area contributed by atoms with Gasteiger partial charge in [0.1, 0.15) is 0 Å². The maximum absolute atomic E-state index is 11.9. The first-order chi connectivity index (χ1) is 8.22. The molecule has 2 amide bonds. The Morgan fingerprint density at radius 3 is 2.82 bits per heavy atom. The third-order valence-corrected chi connectivity index (χ3v) is 3.74. The highest BCUT2D eigenvalue weighted by Crippen LogP contribution is 2.24. The Labute approximate surface area is 103 Å². The monoisotopic (exact) mass is 241 g/mol. The van der Waals surface area contributed by atoms with E-state index in [-0.39, 0.29) is 12.1 Å². The number of hydrogen-bond acceptors (Lipinski definition) is 3. The summed E-state index contributed by atoms with van der Waals surface area (Å²) < 4.78 is 5.42. The van der Waals surface area contributed by atoms with Crippen LogP contribution in [0, 0.1) is 5.92 Å². The second-order valence-corrected chi connectivity index (χ2v) is 5.04. The zero-order valence-corrected chi connectivity index (χ0v) is 10.5. The normalized spacial score (nSPS) is 29.2. The fourth-order valence-electron chi connectivity index (χ4n) is 2.63. The summed E-state index contributed by atoms with van der Waals surface area (Å²) >= 11 is 0. The van der Waals surface area contributed by atoms with E-state index < -0.39 is 0 Å². The highest BCUT2D eigenvalue weighted by molar-refractivity contribution is 5.75. The largest absolute Gasteiger partial charge is 0.375 e. The molecule has 0 aromatic carbocycles. The number of rotatable bonds is 4. The predicted molar refractivity (Wildman–Crippen MR) is 65.7 cm³/mol. The van der Waals surface area contributed by atoms with Crippen molar-refractivity contribution in [2.75, 3.05) is 26.2 Å². The molecule has 2 aliphatic rings. The molecular formula is C12H23N3O2. The summed E-state index contributed by atoms with van der Waals surface area (Å²) in [6.45, 7) is 4.90. The lowest BCUT2D eigenvalue weighted by Gasteiger charge is -2.39. The topological polar surface area (TPSA) is 67.6 Å². The number of carbonyl (C=O) groups is 1. The molecule has 2 fully saturated rings. The molecule has 0 bridgehead atoms. The number of hydrogen-bond donors (Lipinski definition) is 2. The minimum absolute atomic E-state index is 0.0589. The standard InChI is InChI=1S/C12H23N3O2/c1-2-17-11-7-15(8-11)12(16)14-10-4-3-9(5-10)6-13/h9-11H,2-8,13H2,1H3,(H,14,16). The Morgan fingerprint density at radius 2 is 2.24 bits per heavy atom. The van der Waals surface area contributed by atoms with Gasteiger partial charge in [-0.25, -0.2) is 4.79 Å². The lowest BCUT2D eigenvalue weighted by molar-refractivity contribution is -0.0304. The number of carbonyl (C=O) groups excluding carboxylic acids is 1. The van der Waals surface area contributed by atoms with E-state index in [9.17, 15) is 4.79 Å². The van der Waals surface area contributed by atoms with E-state index in [0.29, 0.717) is 12.0 Å². The molecule has 0 radical (unpaired) electrons. The molecule has 2 rings (SSSR count). The van der Waals surface area contributed by atoms with Gasteiger partial charge in [0.15, 0.2) is 0 Å². The molecule has 0 aromatic heterocycles. The van der Waals surface area contributed by atoms with Crippen LogP contribution < -0.4 is 11.1 Å². The summed E-state index contributed by atoms with van der Waals surface area (Å²) in [6, 6.07) is 0.380. The van der Waals surface area contributed by atoms with Crippen molar-refractivity contribution < 1.29 is 9.53 Å². The lowest BCUT2D eigenvalue weighted by atomic mass is 10.1. The van der Waals surface area contributed by atoms with Gasteiger partial charge in [0, 0.05) is 12.6 Å². The minimum atomic E-state index is 0.0589. The molecule has 1 saturated carbocycles. The minimum Gasteiger partial charge on any atom is -0.375 e. The molecule has 1 aliphatic carbocycles. The average Bonchev–Trinajstić information content (AvgIpc) is 2.70. The van der Waals surface area contributed by atoms with Crippen molar-refractivity contribution >= 4 is 6.03 Å². The van der Waals surface area contributed by atoms with E-state index in [1.807, 2.05) is 11.8 Å². The Bertz CT molecular complexity index is 266. The third kappa shape index (κ3) is 3.10. The fourth-order valence-corrected chi connectivity index (χ4v) is 2.63. The lowest BCUT2D eigenvalue weighted by Crippen LogP contribution is -2.58. The molecule has 17 heavy (non-hydrogen) atoms. The predicted octanol–water partition coefficient (Wildman–Crippen LogP) is 0.544. The highest BCUT2D eigenvalue weighted by atomic mass is 16.5. The fraction of sp³-hybridized carbons (Fsp3) is 0.917. The maximum Gasteiger partial charge on any atom is 0.317 e. The number of nitrogens with one attached hydrogen (secondary N) is 1. The zero-order chi connectivity index (χ0) is 12.3. The Morgan fingerprint density at radius 1 is 1.47 bits per heavy atom. The second-order valence-electron chi connectivity index (χ2n) is 5.04. The molecule has 5 nitrogen and oxygen atoms in total. The smallest absolute Gasteiger partial charge is 0.317 e. The quantitative estimate of drug-likeness (QED) is 0.755. The second kappa shape index (κ2) is 5.69. The number of likely N-dealkylation sites (tertiary alicyclic amines) is 1. The van der Waals surface area contributed by atoms with Gasteiger partial charge in [0.25, 0.3) is 0 Å². The van der Waals surface area contributed by atoms with Crippen molar-refractivity contribution in [2.24, 2.45) is 11.7 Å². The van der Waals surface area contributed by atoms with Crippen molar-refractivity contribution in [1.82, 2.24) is 10.2 Å². The summed E-state index contributed by atoms with van der Waals surface area (Å²) in [5.41, 5.74) is 5.64. The van der Waals surface area contributed by atoms with Gasteiger partial charge in [0.05, 0.1) is 19.2 Å². The highest BCUT2D eigenvalue weighted by Gasteiger charge is 2.33. The Kier molecular flexibility index (Phi) is 4.23. The van der Waals surface area contributed by atoms with Crippen molar-refractivity contribution in [3.05, 3.63) is 0 Å². The summed E-state index contributed by atoms with van der Waals surface area (Å²) in [5.74, 6) is 0.591. The van der Waals surface area contributed by atoms with Crippen LogP contribution in [0.3, 0.4) is 0 Å². The number of nitrogens with zero attached hydrogens (tertiary/aromatic N) is 1. The van der Waals surface area contributed by atoms with E-state index in [1.54, 1.807) is 0 Å². The molecule has 3 N–H and O–H groups in total. The SMILES string of the molecule is CCOC1CN(C(=O)NC2CCC(CN)C2)C1. The number of ether oxygens (including phenoxy) is 1. The van der Waals surface area contributed by atoms with Crippen LogP contribution >= 0.6 is 0 Å². The summed E-state index contributed by atoms with van der Waals surface area (Å²) in [7, 11) is 0. The number of urea groups is 1. The van der Waals surface area contributed by atoms with E-state index in [1.165, 1.54) is 0 Å². The first kappa shape index (κ1) is 12.6. The molecule has 2 atom stereocenters. The zero-order valence-electron chi connectivity index (χ0n) is 10.5. The Balaban J connectivity index is 1.65. The molecule has 1 heterocycles. The van der Waals surface area contributed by atoms with Crippen LogP contribution in [0.1, 0.15) is 26.2 Å². The van der Waals surface area contributed by atoms with Crippen molar-refractivity contribution in [3.63, 3.8) is 0 Å². The molecule has 5 heteroatoms. The van der Waals surface area contributed by atoms with Crippen molar-refractivity contribution in [2.45, 2.75) is 38.3 Å². The number of nitrogens with two attached hydrogens (primary N) is 1. The van der Waals surface area contributed by atoms with Crippen LogP contribution in [-0.4, -0.2) is 49.3 Å². The third-order valence-electron chi connectivity index (χ3n) is 3.74. The van der Waals surface area contributed by atoms with Crippen LogP contribution in [0.15, 0.2) is 0 Å². The molecule has 1 saturated heterocycles. The summed E-state index contributed by atoms with van der Waals surface area (Å²) in [5, 5.41) is 3.08. The number of amides is 2. The molecule has 0 aromatic rings. The van der Waals surface area contributed by atoms with Crippen LogP contribution in [0.4, 0.5) is 4.79 Å². The van der Waals surface area contributed by atoms with Gasteiger partial charge in [-0.3, -0.25) is 0 Å². The van der Waals surface area contributed by atoms with Crippen LogP contribution in [-0.2, 0) is 4.74 Å². The summed E-state index contributed by atoms with van der Waals surface area (Å²) in [6.07, 6.45) is 3.48. The first-order valence-electron chi connectivity index (χ1n) is 6.60. The van der Waals surface area contributed by atoms with Gasteiger partial charge >= 0.3 is 6.03 Å². The van der Waals surface area contributed by atoms with Gasteiger partial charge in [-0.1, -0.05) is 0 Å². The van der Waals surface area contributed by atoms with E-state index in [0.717, 1.165) is 45.5 Å². The van der Waals surface area contributed by atoms with Crippen LogP contribution in [0.2, 0.25) is 0 Å². The van der Waals surface area contributed by atoms with Gasteiger partial charge in [-0.15, -0.1) is 0 Å². The van der Waals surface area contributed by atoms with Gasteiger partial charge in [-0.2, -0.15) is 0 Å². The van der Waals surface area contributed by atoms with Crippen LogP contribution in [0.5, 0.6) is 0 Å². The molecule has 2 unspecified atom stereocenters. The van der Waals surface area contributed by atoms with E-state index in [2.05, 4.69) is 5.32 Å². The maximum atomic E-state index is 11.9. The molecule has 0 spiro atoms. The van der Waals surface area contributed by atoms with Crippen molar-refractivity contribution in [1.29, 1.82) is 0 Å². The summed E-state index contributed by atoms with van der Waals surface area (Å²) in [4.78, 5) is 13.7. The molecule has 98 valence electrons. The van der Waals surface area contributed by atoms with Gasteiger partial charge in [-0.05, 0) is 38.6 Å². The van der Waals surface area contributed by atoms with Crippen LogP contribution in [0.25, 0.3) is 0 Å². The Hall–Kier alpha value is -0.810.